The highest BCUT2D eigenvalue weighted by Crippen LogP contribution is 2.16. The molecule has 86 valence electrons. The third kappa shape index (κ3) is 8.48. The average molecular weight is 204 g/mol. The molecule has 0 aliphatic heterocycles. The summed E-state index contributed by atoms with van der Waals surface area (Å²) in [6.07, 6.45) is 7.18. The van der Waals surface area contributed by atoms with E-state index in [9.17, 15) is 10.4 Å². The van der Waals surface area contributed by atoms with Gasteiger partial charge in [0.2, 0.25) is 0 Å². The summed E-state index contributed by atoms with van der Waals surface area (Å²) < 4.78 is 0. The van der Waals surface area contributed by atoms with Gasteiger partial charge in [0.1, 0.15) is 13.6 Å². The van der Waals surface area contributed by atoms with Gasteiger partial charge in [-0.1, -0.05) is 44.3 Å². The van der Waals surface area contributed by atoms with Crippen LogP contribution in [0.5, 0.6) is 0 Å². The first kappa shape index (κ1) is 13.9. The minimum absolute atomic E-state index is 0.437. The van der Waals surface area contributed by atoms with Crippen LogP contribution in [0, 0.1) is 5.92 Å². The molecular weight excluding hydrogens is 178 g/mol. The summed E-state index contributed by atoms with van der Waals surface area (Å²) >= 11 is 0. The van der Waals surface area contributed by atoms with Crippen LogP contribution in [0.4, 0.5) is 0 Å². The van der Waals surface area contributed by atoms with Gasteiger partial charge >= 0.3 is 0 Å². The van der Waals surface area contributed by atoms with Crippen LogP contribution < -0.4 is 0 Å². The van der Waals surface area contributed by atoms with Crippen LogP contribution in [0.2, 0.25) is 0 Å². The van der Waals surface area contributed by atoms with Crippen molar-refractivity contribution in [2.24, 2.45) is 5.92 Å². The molecule has 0 saturated heterocycles. The Hall–Kier alpha value is -0.120. The highest BCUT2D eigenvalue weighted by Gasteiger charge is 2.21. The van der Waals surface area contributed by atoms with Gasteiger partial charge < -0.3 is 0 Å². The number of rotatable bonds is 8. The highest BCUT2D eigenvalue weighted by atomic mass is 16.8. The quantitative estimate of drug-likeness (QED) is 0.362. The van der Waals surface area contributed by atoms with Crippen LogP contribution in [0.15, 0.2) is 0 Å². The molecule has 0 rings (SSSR count). The summed E-state index contributed by atoms with van der Waals surface area (Å²) in [5.41, 5.74) is 0. The lowest BCUT2D eigenvalue weighted by Gasteiger charge is -2.21. The summed E-state index contributed by atoms with van der Waals surface area (Å²) in [4.78, 5) is -0.883. The lowest BCUT2D eigenvalue weighted by molar-refractivity contribution is -1.23. The monoisotopic (exact) mass is 204 g/mol. The zero-order valence-corrected chi connectivity index (χ0v) is 9.87. The van der Waals surface area contributed by atoms with Crippen molar-refractivity contribution in [1.29, 1.82) is 0 Å². The molecule has 0 aromatic heterocycles. The fraction of sp³-hybridized carbons (Fsp3) is 1.00. The number of hydroxylamine groups is 4. The van der Waals surface area contributed by atoms with Crippen molar-refractivity contribution < 1.29 is 15.2 Å². The van der Waals surface area contributed by atoms with Crippen molar-refractivity contribution in [1.82, 2.24) is 0 Å². The normalized spacial score (nSPS) is 14.4. The largest absolute Gasteiger partial charge is 0.182 e. The third-order valence-electron chi connectivity index (χ3n) is 2.65. The highest BCUT2D eigenvalue weighted by molar-refractivity contribution is 4.55. The number of quaternary nitrogens is 1. The molecule has 0 spiro atoms. The van der Waals surface area contributed by atoms with Crippen LogP contribution in [-0.2, 0) is 0 Å². The second-order valence-electron chi connectivity index (χ2n) is 4.39. The molecule has 0 saturated carbocycles. The van der Waals surface area contributed by atoms with Gasteiger partial charge in [-0.25, -0.2) is 0 Å². The zero-order chi connectivity index (χ0) is 11.0. The van der Waals surface area contributed by atoms with E-state index in [1.807, 2.05) is 0 Å². The minimum Gasteiger partial charge on any atom is -0.182 e. The Morgan fingerprint density at radius 1 is 1.07 bits per heavy atom. The van der Waals surface area contributed by atoms with E-state index in [4.69, 9.17) is 0 Å². The number of unbranched alkanes of at least 4 members (excludes halogenated alkanes) is 3. The van der Waals surface area contributed by atoms with E-state index >= 15 is 0 Å². The van der Waals surface area contributed by atoms with Crippen molar-refractivity contribution in [3.05, 3.63) is 0 Å². The van der Waals surface area contributed by atoms with Gasteiger partial charge in [-0.3, -0.25) is 0 Å². The molecule has 0 aliphatic carbocycles. The summed E-state index contributed by atoms with van der Waals surface area (Å²) in [6.45, 7) is 4.76. The molecule has 3 heteroatoms. The Kier molecular flexibility index (Phi) is 7.15. The molecule has 0 heterocycles. The van der Waals surface area contributed by atoms with E-state index in [1.165, 1.54) is 32.7 Å². The van der Waals surface area contributed by atoms with Gasteiger partial charge in [0, 0.05) is 5.92 Å². The first-order valence-corrected chi connectivity index (χ1v) is 5.80. The molecule has 0 radical (unpaired) electrons. The maximum atomic E-state index is 9.21. The maximum absolute atomic E-state index is 9.21. The Morgan fingerprint density at radius 2 is 1.71 bits per heavy atom. The second-order valence-corrected chi connectivity index (χ2v) is 4.39. The van der Waals surface area contributed by atoms with Crippen molar-refractivity contribution in [2.45, 2.75) is 52.4 Å². The molecular formula is C11H26NO2+. The fourth-order valence-corrected chi connectivity index (χ4v) is 1.77. The van der Waals surface area contributed by atoms with Crippen LogP contribution >= 0.6 is 0 Å². The molecule has 1 atom stereocenters. The first-order valence-electron chi connectivity index (χ1n) is 5.80. The molecule has 0 bridgehead atoms. The molecule has 0 amide bonds. The SMILES string of the molecule is CCCCCCC(CC)C[N+](C)(O)O. The van der Waals surface area contributed by atoms with Gasteiger partial charge in [0.05, 0.1) is 0 Å². The van der Waals surface area contributed by atoms with E-state index < -0.39 is 4.81 Å². The number of hydrogen-bond acceptors (Lipinski definition) is 2. The summed E-state index contributed by atoms with van der Waals surface area (Å²) in [5.74, 6) is 0.437. The van der Waals surface area contributed by atoms with Gasteiger partial charge in [-0.15, -0.1) is 0 Å². The Balaban J connectivity index is 3.58. The zero-order valence-electron chi connectivity index (χ0n) is 9.87. The Bertz CT molecular complexity index is 132. The molecule has 0 aromatic rings. The maximum Gasteiger partial charge on any atom is 0.144 e. The Morgan fingerprint density at radius 3 is 2.14 bits per heavy atom. The number of nitrogens with zero attached hydrogens (tertiary/aromatic N) is 1. The van der Waals surface area contributed by atoms with E-state index in [0.29, 0.717) is 12.5 Å². The second kappa shape index (κ2) is 7.21. The van der Waals surface area contributed by atoms with E-state index in [0.717, 1.165) is 12.8 Å². The topological polar surface area (TPSA) is 40.5 Å². The smallest absolute Gasteiger partial charge is 0.144 e. The molecule has 0 fully saturated rings. The molecule has 0 aromatic carbocycles. The van der Waals surface area contributed by atoms with Gasteiger partial charge in [-0.2, -0.15) is 10.4 Å². The molecule has 0 aliphatic rings. The standard InChI is InChI=1S/C11H26NO2/c1-4-6-7-8-9-11(5-2)10-12(3,13)14/h11,13-14H,4-10H2,1-3H3/q+1. The predicted molar refractivity (Wildman–Crippen MR) is 57.2 cm³/mol. The van der Waals surface area contributed by atoms with E-state index in [-0.39, 0.29) is 0 Å². The predicted octanol–water partition coefficient (Wildman–Crippen LogP) is 3.21. The fourth-order valence-electron chi connectivity index (χ4n) is 1.77. The van der Waals surface area contributed by atoms with Gasteiger partial charge in [0.15, 0.2) is 0 Å². The summed E-state index contributed by atoms with van der Waals surface area (Å²) in [7, 11) is 1.41. The van der Waals surface area contributed by atoms with Gasteiger partial charge in [0.25, 0.3) is 0 Å². The molecule has 3 nitrogen and oxygen atoms in total. The summed E-state index contributed by atoms with van der Waals surface area (Å²) in [6, 6.07) is 0. The first-order chi connectivity index (χ1) is 6.49. The van der Waals surface area contributed by atoms with Crippen molar-refractivity contribution in [2.75, 3.05) is 13.6 Å². The van der Waals surface area contributed by atoms with Crippen molar-refractivity contribution in [3.63, 3.8) is 0 Å². The van der Waals surface area contributed by atoms with Crippen LogP contribution in [0.3, 0.4) is 0 Å². The van der Waals surface area contributed by atoms with E-state index in [2.05, 4.69) is 13.8 Å². The number of hydrogen-bond donors (Lipinski definition) is 2. The third-order valence-corrected chi connectivity index (χ3v) is 2.65. The van der Waals surface area contributed by atoms with Crippen molar-refractivity contribution in [3.8, 4) is 0 Å². The average Bonchev–Trinajstić information content (AvgIpc) is 2.08. The van der Waals surface area contributed by atoms with Crippen LogP contribution in [0.25, 0.3) is 0 Å². The molecule has 2 N–H and O–H groups in total. The Labute approximate surface area is 87.9 Å². The summed E-state index contributed by atoms with van der Waals surface area (Å²) in [5, 5.41) is 18.4. The van der Waals surface area contributed by atoms with Gasteiger partial charge in [-0.05, 0) is 12.8 Å². The van der Waals surface area contributed by atoms with Crippen LogP contribution in [0.1, 0.15) is 52.4 Å². The lowest BCUT2D eigenvalue weighted by atomic mass is 9.98. The van der Waals surface area contributed by atoms with Crippen LogP contribution in [-0.4, -0.2) is 28.8 Å². The molecule has 14 heavy (non-hydrogen) atoms. The molecule has 1 unspecified atom stereocenters. The van der Waals surface area contributed by atoms with Crippen molar-refractivity contribution >= 4 is 0 Å². The van der Waals surface area contributed by atoms with E-state index in [1.54, 1.807) is 0 Å². The lowest BCUT2D eigenvalue weighted by Crippen LogP contribution is -2.40. The minimum atomic E-state index is -0.883.